The van der Waals surface area contributed by atoms with Crippen LogP contribution in [0.25, 0.3) is 0 Å². The van der Waals surface area contributed by atoms with E-state index >= 15 is 0 Å². The molecule has 0 unspecified atom stereocenters. The highest BCUT2D eigenvalue weighted by Crippen LogP contribution is 2.30. The lowest BCUT2D eigenvalue weighted by atomic mass is 10.1. The Balaban J connectivity index is 2.96. The number of aryl methyl sites for hydroxylation is 1. The van der Waals surface area contributed by atoms with E-state index in [0.29, 0.717) is 6.42 Å². The number of hydrogen-bond donors (Lipinski definition) is 0. The van der Waals surface area contributed by atoms with Crippen molar-refractivity contribution in [1.29, 1.82) is 0 Å². The molecular weight excluding hydrogens is 210 g/mol. The summed E-state index contributed by atoms with van der Waals surface area (Å²) >= 11 is 5.75. The van der Waals surface area contributed by atoms with Gasteiger partial charge in [-0.15, -0.1) is 0 Å². The molecule has 1 nitrogen and oxygen atoms in total. The molecule has 0 aliphatic carbocycles. The Hall–Kier alpha value is -0.830. The van der Waals surface area contributed by atoms with E-state index in [1.807, 2.05) is 6.92 Å². The van der Waals surface area contributed by atoms with Crippen LogP contribution in [0, 0.1) is 0 Å². The number of alkyl halides is 2. The van der Waals surface area contributed by atoms with Crippen LogP contribution in [0.3, 0.4) is 0 Å². The Morgan fingerprint density at radius 3 is 2.71 bits per heavy atom. The summed E-state index contributed by atoms with van der Waals surface area (Å²) in [7, 11) is 0. The summed E-state index contributed by atoms with van der Waals surface area (Å²) in [4.78, 5) is 0. The molecule has 0 spiro atoms. The Labute approximate surface area is 86.6 Å². The molecule has 0 aliphatic rings. The Morgan fingerprint density at radius 1 is 1.43 bits per heavy atom. The number of hydrogen-bond acceptors (Lipinski definition) is 1. The maximum atomic E-state index is 12.0. The maximum Gasteiger partial charge on any atom is 0.387 e. The van der Waals surface area contributed by atoms with Crippen LogP contribution in [-0.4, -0.2) is 6.61 Å². The fourth-order valence-corrected chi connectivity index (χ4v) is 1.48. The van der Waals surface area contributed by atoms with Crippen LogP contribution >= 0.6 is 11.6 Å². The zero-order chi connectivity index (χ0) is 10.6. The fourth-order valence-electron chi connectivity index (χ4n) is 1.24. The van der Waals surface area contributed by atoms with Crippen molar-refractivity contribution in [3.63, 3.8) is 0 Å². The van der Waals surface area contributed by atoms with Gasteiger partial charge in [0.05, 0.1) is 5.02 Å². The van der Waals surface area contributed by atoms with Crippen molar-refractivity contribution >= 4 is 11.6 Å². The third-order valence-electron chi connectivity index (χ3n) is 1.77. The first-order valence-corrected chi connectivity index (χ1v) is 4.75. The normalized spacial score (nSPS) is 10.6. The largest absolute Gasteiger partial charge is 0.433 e. The molecule has 0 aromatic heterocycles. The molecule has 1 rings (SSSR count). The van der Waals surface area contributed by atoms with E-state index in [1.54, 1.807) is 18.2 Å². The first kappa shape index (κ1) is 11.2. The molecular formula is C10H11ClF2O. The van der Waals surface area contributed by atoms with E-state index in [9.17, 15) is 8.78 Å². The van der Waals surface area contributed by atoms with Crippen molar-refractivity contribution in [1.82, 2.24) is 0 Å². The van der Waals surface area contributed by atoms with Gasteiger partial charge in [0.25, 0.3) is 0 Å². The average molecular weight is 221 g/mol. The number of halogens is 3. The van der Waals surface area contributed by atoms with Crippen molar-refractivity contribution in [3.05, 3.63) is 28.8 Å². The fraction of sp³-hybridized carbons (Fsp3) is 0.400. The van der Waals surface area contributed by atoms with Crippen molar-refractivity contribution in [3.8, 4) is 5.75 Å². The summed E-state index contributed by atoms with van der Waals surface area (Å²) in [5.74, 6) is 0.103. The minimum absolute atomic E-state index is 0.103. The Morgan fingerprint density at radius 2 is 2.14 bits per heavy atom. The standard InChI is InChI=1S/C10H11ClF2O/c1-2-4-7-5-3-6-8(11)9(7)14-10(12)13/h3,5-6,10H,2,4H2,1H3. The smallest absolute Gasteiger partial charge is 0.387 e. The molecule has 0 heterocycles. The lowest BCUT2D eigenvalue weighted by Crippen LogP contribution is -2.05. The molecule has 0 saturated carbocycles. The molecule has 0 amide bonds. The van der Waals surface area contributed by atoms with Crippen molar-refractivity contribution in [2.45, 2.75) is 26.4 Å². The molecule has 0 N–H and O–H groups in total. The molecule has 0 radical (unpaired) electrons. The van der Waals surface area contributed by atoms with Gasteiger partial charge >= 0.3 is 6.61 Å². The highest BCUT2D eigenvalue weighted by Gasteiger charge is 2.12. The second-order valence-electron chi connectivity index (χ2n) is 2.86. The number of rotatable bonds is 4. The minimum Gasteiger partial charge on any atom is -0.433 e. The van der Waals surface area contributed by atoms with E-state index in [4.69, 9.17) is 11.6 Å². The number of para-hydroxylation sites is 1. The van der Waals surface area contributed by atoms with E-state index in [1.165, 1.54) is 0 Å². The summed E-state index contributed by atoms with van der Waals surface area (Å²) in [6, 6.07) is 5.01. The summed E-state index contributed by atoms with van der Waals surface area (Å²) in [6.07, 6.45) is 1.54. The van der Waals surface area contributed by atoms with Gasteiger partial charge in [0.15, 0.2) is 0 Å². The van der Waals surface area contributed by atoms with E-state index < -0.39 is 6.61 Å². The first-order valence-electron chi connectivity index (χ1n) is 4.37. The first-order chi connectivity index (χ1) is 6.65. The molecule has 14 heavy (non-hydrogen) atoms. The predicted octanol–water partition coefficient (Wildman–Crippen LogP) is 3.89. The lowest BCUT2D eigenvalue weighted by Gasteiger charge is -2.11. The molecule has 0 fully saturated rings. The quantitative estimate of drug-likeness (QED) is 0.748. The van der Waals surface area contributed by atoms with Crippen molar-refractivity contribution in [2.75, 3.05) is 0 Å². The van der Waals surface area contributed by atoms with Crippen molar-refractivity contribution < 1.29 is 13.5 Å². The van der Waals surface area contributed by atoms with Crippen LogP contribution in [0.5, 0.6) is 5.75 Å². The lowest BCUT2D eigenvalue weighted by molar-refractivity contribution is -0.0503. The second kappa shape index (κ2) is 5.15. The Kier molecular flexibility index (Phi) is 4.14. The van der Waals surface area contributed by atoms with Crippen LogP contribution in [0.1, 0.15) is 18.9 Å². The molecule has 78 valence electrons. The van der Waals surface area contributed by atoms with Gasteiger partial charge in [-0.2, -0.15) is 8.78 Å². The predicted molar refractivity (Wildman–Crippen MR) is 52.1 cm³/mol. The van der Waals surface area contributed by atoms with E-state index in [2.05, 4.69) is 4.74 Å². The SMILES string of the molecule is CCCc1cccc(Cl)c1OC(F)F. The zero-order valence-electron chi connectivity index (χ0n) is 7.77. The van der Waals surface area contributed by atoms with Gasteiger partial charge in [0, 0.05) is 0 Å². The maximum absolute atomic E-state index is 12.0. The molecule has 1 aromatic rings. The van der Waals surface area contributed by atoms with Gasteiger partial charge in [-0.25, -0.2) is 0 Å². The second-order valence-corrected chi connectivity index (χ2v) is 3.26. The van der Waals surface area contributed by atoms with Gasteiger partial charge in [0.1, 0.15) is 5.75 Å². The van der Waals surface area contributed by atoms with Gasteiger partial charge in [-0.1, -0.05) is 37.1 Å². The molecule has 0 aliphatic heterocycles. The molecule has 4 heteroatoms. The molecule has 0 atom stereocenters. The Bertz CT molecular complexity index is 302. The third kappa shape index (κ3) is 2.84. The average Bonchev–Trinajstić information content (AvgIpc) is 2.11. The summed E-state index contributed by atoms with van der Waals surface area (Å²) in [6.45, 7) is -0.863. The third-order valence-corrected chi connectivity index (χ3v) is 2.07. The van der Waals surface area contributed by atoms with Crippen molar-refractivity contribution in [2.24, 2.45) is 0 Å². The van der Waals surface area contributed by atoms with Gasteiger partial charge in [0.2, 0.25) is 0 Å². The van der Waals surface area contributed by atoms with Gasteiger partial charge < -0.3 is 4.74 Å². The molecule has 0 bridgehead atoms. The van der Waals surface area contributed by atoms with Gasteiger partial charge in [-0.3, -0.25) is 0 Å². The van der Waals surface area contributed by atoms with Crippen LogP contribution in [0.4, 0.5) is 8.78 Å². The minimum atomic E-state index is -2.83. The highest BCUT2D eigenvalue weighted by atomic mass is 35.5. The number of ether oxygens (including phenoxy) is 1. The topological polar surface area (TPSA) is 9.23 Å². The summed E-state index contributed by atoms with van der Waals surface area (Å²) in [5, 5.41) is 0.233. The zero-order valence-corrected chi connectivity index (χ0v) is 8.52. The van der Waals surface area contributed by atoms with Crippen LogP contribution < -0.4 is 4.74 Å². The highest BCUT2D eigenvalue weighted by molar-refractivity contribution is 6.32. The van der Waals surface area contributed by atoms with Gasteiger partial charge in [-0.05, 0) is 18.1 Å². The van der Waals surface area contributed by atoms with E-state index in [0.717, 1.165) is 12.0 Å². The molecule has 1 aromatic carbocycles. The summed E-state index contributed by atoms with van der Waals surface area (Å²) in [5.41, 5.74) is 0.723. The molecule has 0 saturated heterocycles. The van der Waals surface area contributed by atoms with Crippen LogP contribution in [-0.2, 0) is 6.42 Å². The monoisotopic (exact) mass is 220 g/mol. The van der Waals surface area contributed by atoms with Crippen LogP contribution in [0.2, 0.25) is 5.02 Å². The summed E-state index contributed by atoms with van der Waals surface area (Å²) < 4.78 is 28.4. The van der Waals surface area contributed by atoms with E-state index in [-0.39, 0.29) is 10.8 Å². The van der Waals surface area contributed by atoms with Crippen LogP contribution in [0.15, 0.2) is 18.2 Å². The number of benzene rings is 1.